The van der Waals surface area contributed by atoms with E-state index in [1.807, 2.05) is 39.0 Å². The Morgan fingerprint density at radius 1 is 1.24 bits per heavy atom. The zero-order valence-electron chi connectivity index (χ0n) is 12.8. The Hall–Kier alpha value is -2.23. The molecule has 0 aliphatic carbocycles. The zero-order chi connectivity index (χ0) is 15.2. The lowest BCUT2D eigenvalue weighted by molar-refractivity contribution is 0.0937. The van der Waals surface area contributed by atoms with Gasteiger partial charge < -0.3 is 5.32 Å². The number of hydrogen-bond acceptors (Lipinski definition) is 3. The second-order valence-electron chi connectivity index (χ2n) is 5.32. The fraction of sp³-hybridized carbons (Fsp3) is 0.353. The van der Waals surface area contributed by atoms with Gasteiger partial charge >= 0.3 is 0 Å². The van der Waals surface area contributed by atoms with Crippen molar-refractivity contribution in [2.45, 2.75) is 39.7 Å². The van der Waals surface area contributed by atoms with Crippen LogP contribution in [0.25, 0.3) is 0 Å². The molecule has 2 rings (SSSR count). The number of aryl methyl sites for hydroxylation is 3. The van der Waals surface area contributed by atoms with Crippen molar-refractivity contribution >= 4 is 5.91 Å². The summed E-state index contributed by atoms with van der Waals surface area (Å²) in [6.07, 6.45) is 3.45. The molecular formula is C17H21N3O. The molecule has 0 bridgehead atoms. The topological polar surface area (TPSA) is 54.9 Å². The third-order valence-corrected chi connectivity index (χ3v) is 3.43. The highest BCUT2D eigenvalue weighted by atomic mass is 16.1. The average Bonchev–Trinajstić information content (AvgIpc) is 2.46. The Morgan fingerprint density at radius 2 is 1.95 bits per heavy atom. The molecule has 110 valence electrons. The molecule has 1 atom stereocenters. The standard InChI is InChI=1S/C17H21N3O/c1-12(9-10-15-7-5-4-6-8-15)19-17(21)16-11-18-14(3)20-13(16)2/h4-8,11-12H,9-10H2,1-3H3,(H,19,21)/t12-/m0/s1. The van der Waals surface area contributed by atoms with E-state index in [0.29, 0.717) is 11.4 Å². The number of amides is 1. The number of hydrogen-bond donors (Lipinski definition) is 1. The van der Waals surface area contributed by atoms with E-state index in [1.165, 1.54) is 5.56 Å². The van der Waals surface area contributed by atoms with Crippen molar-refractivity contribution in [2.75, 3.05) is 0 Å². The maximum atomic E-state index is 12.2. The second-order valence-corrected chi connectivity index (χ2v) is 5.32. The molecule has 1 N–H and O–H groups in total. The van der Waals surface area contributed by atoms with Gasteiger partial charge in [-0.3, -0.25) is 4.79 Å². The van der Waals surface area contributed by atoms with Gasteiger partial charge in [-0.25, -0.2) is 9.97 Å². The minimum Gasteiger partial charge on any atom is -0.349 e. The highest BCUT2D eigenvalue weighted by Crippen LogP contribution is 2.07. The molecular weight excluding hydrogens is 262 g/mol. The van der Waals surface area contributed by atoms with Crippen molar-refractivity contribution in [1.82, 2.24) is 15.3 Å². The van der Waals surface area contributed by atoms with Crippen LogP contribution >= 0.6 is 0 Å². The van der Waals surface area contributed by atoms with Gasteiger partial charge in [0.2, 0.25) is 0 Å². The van der Waals surface area contributed by atoms with Gasteiger partial charge in [0.15, 0.2) is 0 Å². The molecule has 0 fully saturated rings. The van der Waals surface area contributed by atoms with Crippen LogP contribution in [0.1, 0.15) is 40.8 Å². The average molecular weight is 283 g/mol. The SMILES string of the molecule is Cc1ncc(C(=O)N[C@@H](C)CCc2ccccc2)c(C)n1. The van der Waals surface area contributed by atoms with E-state index in [0.717, 1.165) is 18.5 Å². The molecule has 4 nitrogen and oxygen atoms in total. The zero-order valence-corrected chi connectivity index (χ0v) is 12.8. The predicted octanol–water partition coefficient (Wildman–Crippen LogP) is 2.84. The predicted molar refractivity (Wildman–Crippen MR) is 83.2 cm³/mol. The molecule has 0 saturated carbocycles. The molecule has 0 aliphatic rings. The first-order chi connectivity index (χ1) is 10.1. The van der Waals surface area contributed by atoms with E-state index in [2.05, 4.69) is 27.4 Å². The van der Waals surface area contributed by atoms with E-state index >= 15 is 0 Å². The largest absolute Gasteiger partial charge is 0.349 e. The smallest absolute Gasteiger partial charge is 0.254 e. The molecule has 0 spiro atoms. The molecule has 0 saturated heterocycles. The third kappa shape index (κ3) is 4.38. The summed E-state index contributed by atoms with van der Waals surface area (Å²) in [5.41, 5.74) is 2.55. The Kier molecular flexibility index (Phi) is 5.04. The van der Waals surface area contributed by atoms with Gasteiger partial charge in [0, 0.05) is 12.2 Å². The lowest BCUT2D eigenvalue weighted by Gasteiger charge is -2.14. The van der Waals surface area contributed by atoms with E-state index in [4.69, 9.17) is 0 Å². The monoisotopic (exact) mass is 283 g/mol. The minimum absolute atomic E-state index is 0.104. The van der Waals surface area contributed by atoms with E-state index in [1.54, 1.807) is 6.20 Å². The number of aromatic nitrogens is 2. The van der Waals surface area contributed by atoms with Gasteiger partial charge in [-0.05, 0) is 39.2 Å². The highest BCUT2D eigenvalue weighted by molar-refractivity contribution is 5.95. The van der Waals surface area contributed by atoms with Gasteiger partial charge in [-0.1, -0.05) is 30.3 Å². The van der Waals surface area contributed by atoms with Crippen LogP contribution in [0.2, 0.25) is 0 Å². The fourth-order valence-electron chi connectivity index (χ4n) is 2.21. The second kappa shape index (κ2) is 6.97. The number of carbonyl (C=O) groups excluding carboxylic acids is 1. The van der Waals surface area contributed by atoms with Crippen LogP contribution in [0, 0.1) is 13.8 Å². The quantitative estimate of drug-likeness (QED) is 0.918. The van der Waals surface area contributed by atoms with Gasteiger partial charge in [-0.15, -0.1) is 0 Å². The molecule has 0 aliphatic heterocycles. The molecule has 2 aromatic rings. The molecule has 4 heteroatoms. The van der Waals surface area contributed by atoms with Crippen LogP contribution in [-0.2, 0) is 6.42 Å². The van der Waals surface area contributed by atoms with Gasteiger partial charge in [-0.2, -0.15) is 0 Å². The van der Waals surface area contributed by atoms with E-state index in [-0.39, 0.29) is 11.9 Å². The Balaban J connectivity index is 1.90. The first kappa shape index (κ1) is 15.2. The van der Waals surface area contributed by atoms with Crippen LogP contribution in [0.5, 0.6) is 0 Å². The lowest BCUT2D eigenvalue weighted by atomic mass is 10.1. The molecule has 0 radical (unpaired) electrons. The Bertz CT molecular complexity index is 611. The third-order valence-electron chi connectivity index (χ3n) is 3.43. The fourth-order valence-corrected chi connectivity index (χ4v) is 2.21. The molecule has 0 unspecified atom stereocenters. The summed E-state index contributed by atoms with van der Waals surface area (Å²) in [7, 11) is 0. The maximum Gasteiger partial charge on any atom is 0.254 e. The van der Waals surface area contributed by atoms with Crippen LogP contribution in [0.15, 0.2) is 36.5 Å². The molecule has 1 heterocycles. The van der Waals surface area contributed by atoms with Crippen molar-refractivity contribution in [3.05, 3.63) is 59.2 Å². The summed E-state index contributed by atoms with van der Waals surface area (Å²) in [5, 5.41) is 3.01. The van der Waals surface area contributed by atoms with Gasteiger partial charge in [0.25, 0.3) is 5.91 Å². The molecule has 21 heavy (non-hydrogen) atoms. The summed E-state index contributed by atoms with van der Waals surface area (Å²) >= 11 is 0. The van der Waals surface area contributed by atoms with Crippen molar-refractivity contribution < 1.29 is 4.79 Å². The molecule has 1 amide bonds. The summed E-state index contributed by atoms with van der Waals surface area (Å²) in [4.78, 5) is 20.5. The number of rotatable bonds is 5. The Labute approximate surface area is 125 Å². The number of carbonyl (C=O) groups is 1. The normalized spacial score (nSPS) is 12.0. The van der Waals surface area contributed by atoms with Crippen molar-refractivity contribution in [2.24, 2.45) is 0 Å². The Morgan fingerprint density at radius 3 is 2.62 bits per heavy atom. The van der Waals surface area contributed by atoms with Gasteiger partial charge in [0.05, 0.1) is 11.3 Å². The van der Waals surface area contributed by atoms with Crippen molar-refractivity contribution in [3.63, 3.8) is 0 Å². The maximum absolute atomic E-state index is 12.2. The summed E-state index contributed by atoms with van der Waals surface area (Å²) in [5.74, 6) is 0.578. The van der Waals surface area contributed by atoms with Crippen LogP contribution in [0.3, 0.4) is 0 Å². The summed E-state index contributed by atoms with van der Waals surface area (Å²) < 4.78 is 0. The van der Waals surface area contributed by atoms with Crippen LogP contribution < -0.4 is 5.32 Å². The first-order valence-electron chi connectivity index (χ1n) is 7.21. The molecule has 1 aromatic carbocycles. The van der Waals surface area contributed by atoms with Crippen LogP contribution in [-0.4, -0.2) is 21.9 Å². The van der Waals surface area contributed by atoms with Crippen molar-refractivity contribution in [3.8, 4) is 0 Å². The van der Waals surface area contributed by atoms with Gasteiger partial charge in [0.1, 0.15) is 5.82 Å². The van der Waals surface area contributed by atoms with E-state index < -0.39 is 0 Å². The number of nitrogens with zero attached hydrogens (tertiary/aromatic N) is 2. The summed E-state index contributed by atoms with van der Waals surface area (Å²) in [6.45, 7) is 5.67. The minimum atomic E-state index is -0.104. The number of nitrogens with one attached hydrogen (secondary N) is 1. The summed E-state index contributed by atoms with van der Waals surface area (Å²) in [6, 6.07) is 10.4. The first-order valence-corrected chi connectivity index (χ1v) is 7.21. The lowest BCUT2D eigenvalue weighted by Crippen LogP contribution is -2.33. The van der Waals surface area contributed by atoms with Crippen molar-refractivity contribution in [1.29, 1.82) is 0 Å². The number of benzene rings is 1. The highest BCUT2D eigenvalue weighted by Gasteiger charge is 2.13. The van der Waals surface area contributed by atoms with E-state index in [9.17, 15) is 4.79 Å². The van der Waals surface area contributed by atoms with Crippen LogP contribution in [0.4, 0.5) is 0 Å². The molecule has 1 aromatic heterocycles.